The van der Waals surface area contributed by atoms with E-state index in [1.54, 1.807) is 0 Å². The van der Waals surface area contributed by atoms with Crippen LogP contribution in [0.1, 0.15) is 19.8 Å². The van der Waals surface area contributed by atoms with Crippen molar-refractivity contribution in [3.63, 3.8) is 0 Å². The molecule has 1 N–H and O–H groups in total. The molecule has 21 heavy (non-hydrogen) atoms. The number of likely N-dealkylation sites (tertiary alicyclic amines) is 1. The van der Waals surface area contributed by atoms with E-state index in [0.717, 1.165) is 76.8 Å². The van der Waals surface area contributed by atoms with Crippen molar-refractivity contribution in [3.8, 4) is 0 Å². The van der Waals surface area contributed by atoms with Crippen molar-refractivity contribution in [1.82, 2.24) is 15.1 Å². The Labute approximate surface area is 127 Å². The number of carbonyl (C=O) groups excluding carboxylic acids is 1. The Balaban J connectivity index is 1.45. The number of nitrogens with zero attached hydrogens (tertiary/aromatic N) is 2. The van der Waals surface area contributed by atoms with Gasteiger partial charge in [0.25, 0.3) is 0 Å². The van der Waals surface area contributed by atoms with Gasteiger partial charge in [-0.1, -0.05) is 0 Å². The molecule has 5 heteroatoms. The lowest BCUT2D eigenvalue weighted by molar-refractivity contribution is -0.128. The lowest BCUT2D eigenvalue weighted by atomic mass is 9.95. The van der Waals surface area contributed by atoms with Gasteiger partial charge in [0.2, 0.25) is 5.91 Å². The van der Waals surface area contributed by atoms with Gasteiger partial charge >= 0.3 is 0 Å². The number of carbonyl (C=O) groups is 1. The molecule has 0 spiro atoms. The van der Waals surface area contributed by atoms with Crippen molar-refractivity contribution in [2.24, 2.45) is 5.92 Å². The van der Waals surface area contributed by atoms with E-state index in [-0.39, 0.29) is 5.91 Å². The third-order valence-corrected chi connectivity index (χ3v) is 5.05. The minimum atomic E-state index is 0.260. The third kappa shape index (κ3) is 3.65. The second kappa shape index (κ2) is 6.90. The van der Waals surface area contributed by atoms with Crippen LogP contribution < -0.4 is 5.32 Å². The zero-order valence-electron chi connectivity index (χ0n) is 13.1. The minimum Gasteiger partial charge on any atom is -0.379 e. The van der Waals surface area contributed by atoms with Crippen molar-refractivity contribution < 1.29 is 9.53 Å². The number of amides is 1. The predicted octanol–water partition coefficient (Wildman–Crippen LogP) is 0.477. The molecular formula is C16H27N3O2. The van der Waals surface area contributed by atoms with E-state index < -0.39 is 0 Å². The van der Waals surface area contributed by atoms with E-state index in [4.69, 9.17) is 4.74 Å². The molecule has 5 nitrogen and oxygen atoms in total. The van der Waals surface area contributed by atoms with Gasteiger partial charge in [-0.2, -0.15) is 0 Å². The summed E-state index contributed by atoms with van der Waals surface area (Å²) in [4.78, 5) is 17.0. The van der Waals surface area contributed by atoms with E-state index in [1.165, 1.54) is 12.1 Å². The number of morpholine rings is 1. The summed E-state index contributed by atoms with van der Waals surface area (Å²) in [5, 5.41) is 3.21. The Morgan fingerprint density at radius 2 is 1.86 bits per heavy atom. The third-order valence-electron chi connectivity index (χ3n) is 5.05. The molecule has 3 aliphatic rings. The SMILES string of the molecule is CC(C(=O)N1CCC(CN2CCOCC2)CC1)=C1CNC1. The van der Waals surface area contributed by atoms with Crippen LogP contribution in [0.25, 0.3) is 0 Å². The van der Waals surface area contributed by atoms with E-state index in [2.05, 4.69) is 15.1 Å². The maximum atomic E-state index is 12.4. The highest BCUT2D eigenvalue weighted by atomic mass is 16.5. The van der Waals surface area contributed by atoms with Gasteiger partial charge in [-0.05, 0) is 31.3 Å². The summed E-state index contributed by atoms with van der Waals surface area (Å²) >= 11 is 0. The highest BCUT2D eigenvalue weighted by Crippen LogP contribution is 2.21. The average molecular weight is 293 g/mol. The summed E-state index contributed by atoms with van der Waals surface area (Å²) in [6, 6.07) is 0. The van der Waals surface area contributed by atoms with Crippen LogP contribution in [0, 0.1) is 5.92 Å². The lowest BCUT2D eigenvalue weighted by Crippen LogP contribution is -2.45. The number of rotatable bonds is 3. The maximum Gasteiger partial charge on any atom is 0.249 e. The van der Waals surface area contributed by atoms with Crippen molar-refractivity contribution >= 4 is 5.91 Å². The van der Waals surface area contributed by atoms with E-state index >= 15 is 0 Å². The molecule has 0 unspecified atom stereocenters. The number of nitrogens with one attached hydrogen (secondary N) is 1. The second-order valence-corrected chi connectivity index (χ2v) is 6.48. The molecule has 3 saturated heterocycles. The molecule has 0 radical (unpaired) electrons. The standard InChI is InChI=1S/C16H27N3O2/c1-13(15-10-17-11-15)16(20)19-4-2-14(3-5-19)12-18-6-8-21-9-7-18/h14,17H,2-12H2,1H3. The molecule has 1 amide bonds. The zero-order chi connectivity index (χ0) is 14.7. The fraction of sp³-hybridized carbons (Fsp3) is 0.812. The van der Waals surface area contributed by atoms with Crippen LogP contribution in [0.2, 0.25) is 0 Å². The van der Waals surface area contributed by atoms with E-state index in [9.17, 15) is 4.79 Å². The summed E-state index contributed by atoms with van der Waals surface area (Å²) in [7, 11) is 0. The number of hydrogen-bond acceptors (Lipinski definition) is 4. The molecule has 0 aliphatic carbocycles. The zero-order valence-corrected chi connectivity index (χ0v) is 13.1. The summed E-state index contributed by atoms with van der Waals surface area (Å²) in [6.45, 7) is 10.7. The molecule has 0 aromatic carbocycles. The van der Waals surface area contributed by atoms with Crippen molar-refractivity contribution in [2.45, 2.75) is 19.8 Å². The number of hydrogen-bond donors (Lipinski definition) is 1. The molecular weight excluding hydrogens is 266 g/mol. The molecule has 3 aliphatic heterocycles. The molecule has 0 atom stereocenters. The first-order valence-electron chi connectivity index (χ1n) is 8.23. The molecule has 3 rings (SSSR count). The molecule has 3 heterocycles. The second-order valence-electron chi connectivity index (χ2n) is 6.48. The molecule has 0 bridgehead atoms. The van der Waals surface area contributed by atoms with Gasteiger partial charge in [-0.3, -0.25) is 9.69 Å². The van der Waals surface area contributed by atoms with Crippen LogP contribution in [0.4, 0.5) is 0 Å². The fourth-order valence-corrected chi connectivity index (χ4v) is 3.37. The van der Waals surface area contributed by atoms with Gasteiger partial charge in [0.15, 0.2) is 0 Å². The first kappa shape index (κ1) is 15.0. The van der Waals surface area contributed by atoms with Gasteiger partial charge in [-0.15, -0.1) is 0 Å². The summed E-state index contributed by atoms with van der Waals surface area (Å²) in [6.07, 6.45) is 2.29. The Hall–Kier alpha value is -0.910. The lowest BCUT2D eigenvalue weighted by Gasteiger charge is -2.36. The van der Waals surface area contributed by atoms with Crippen LogP contribution in [0.5, 0.6) is 0 Å². The molecule has 0 saturated carbocycles. The monoisotopic (exact) mass is 293 g/mol. The minimum absolute atomic E-state index is 0.260. The van der Waals surface area contributed by atoms with Crippen molar-refractivity contribution in [3.05, 3.63) is 11.1 Å². The van der Waals surface area contributed by atoms with Crippen LogP contribution >= 0.6 is 0 Å². The van der Waals surface area contributed by atoms with Gasteiger partial charge in [0.05, 0.1) is 13.2 Å². The Morgan fingerprint density at radius 3 is 2.43 bits per heavy atom. The van der Waals surface area contributed by atoms with Gasteiger partial charge < -0.3 is 15.0 Å². The van der Waals surface area contributed by atoms with Crippen molar-refractivity contribution in [1.29, 1.82) is 0 Å². The van der Waals surface area contributed by atoms with Gasteiger partial charge in [0.1, 0.15) is 0 Å². The van der Waals surface area contributed by atoms with Gasteiger partial charge in [-0.25, -0.2) is 0 Å². The topological polar surface area (TPSA) is 44.8 Å². The Morgan fingerprint density at radius 1 is 1.19 bits per heavy atom. The van der Waals surface area contributed by atoms with Gasteiger partial charge in [0, 0.05) is 51.4 Å². The summed E-state index contributed by atoms with van der Waals surface area (Å²) in [5.74, 6) is 1.00. The summed E-state index contributed by atoms with van der Waals surface area (Å²) in [5.41, 5.74) is 2.26. The summed E-state index contributed by atoms with van der Waals surface area (Å²) < 4.78 is 5.40. The highest BCUT2D eigenvalue weighted by molar-refractivity contribution is 5.94. The smallest absolute Gasteiger partial charge is 0.249 e. The van der Waals surface area contributed by atoms with Crippen LogP contribution in [-0.2, 0) is 9.53 Å². The largest absolute Gasteiger partial charge is 0.379 e. The van der Waals surface area contributed by atoms with Crippen LogP contribution in [0.3, 0.4) is 0 Å². The first-order chi connectivity index (χ1) is 10.2. The number of piperidine rings is 1. The molecule has 0 aromatic rings. The predicted molar refractivity (Wildman–Crippen MR) is 82.1 cm³/mol. The average Bonchev–Trinajstić information content (AvgIpc) is 2.46. The highest BCUT2D eigenvalue weighted by Gasteiger charge is 2.27. The quantitative estimate of drug-likeness (QED) is 0.769. The number of ether oxygens (including phenoxy) is 1. The van der Waals surface area contributed by atoms with E-state index in [1.807, 2.05) is 6.92 Å². The normalized spacial score (nSPS) is 24.8. The first-order valence-corrected chi connectivity index (χ1v) is 8.23. The Kier molecular flexibility index (Phi) is 4.93. The Bertz CT molecular complexity index is 402. The molecule has 118 valence electrons. The molecule has 0 aromatic heterocycles. The maximum absolute atomic E-state index is 12.4. The van der Waals surface area contributed by atoms with Crippen molar-refractivity contribution in [2.75, 3.05) is 59.0 Å². The molecule has 3 fully saturated rings. The fourth-order valence-electron chi connectivity index (χ4n) is 3.37. The van der Waals surface area contributed by atoms with Crippen LogP contribution in [0.15, 0.2) is 11.1 Å². The van der Waals surface area contributed by atoms with E-state index in [0.29, 0.717) is 0 Å². The van der Waals surface area contributed by atoms with Crippen LogP contribution in [-0.4, -0.2) is 74.7 Å².